The third-order valence-electron chi connectivity index (χ3n) is 2.97. The lowest BCUT2D eigenvalue weighted by molar-refractivity contribution is 0.0927. The molecule has 0 saturated carbocycles. The lowest BCUT2D eigenvalue weighted by atomic mass is 9.97. The SMILES string of the molecule is Nc1ccc(C(=O)NCCC2=CCCCC2)o1. The van der Waals surface area contributed by atoms with Gasteiger partial charge in [-0.25, -0.2) is 0 Å². The van der Waals surface area contributed by atoms with Crippen LogP contribution in [0, 0.1) is 0 Å². The fourth-order valence-corrected chi connectivity index (χ4v) is 2.03. The first-order chi connectivity index (χ1) is 8.25. The van der Waals surface area contributed by atoms with Crippen LogP contribution in [-0.2, 0) is 0 Å². The molecule has 0 aromatic carbocycles. The molecular weight excluding hydrogens is 216 g/mol. The molecule has 0 radical (unpaired) electrons. The standard InChI is InChI=1S/C13H18N2O2/c14-12-7-6-11(17-12)13(16)15-9-8-10-4-2-1-3-5-10/h4,6-7H,1-3,5,8-9,14H2,(H,15,16). The number of nitrogens with one attached hydrogen (secondary N) is 1. The lowest BCUT2D eigenvalue weighted by Gasteiger charge is -2.12. The Bertz CT molecular complexity index is 421. The molecule has 0 unspecified atom stereocenters. The largest absolute Gasteiger partial charge is 0.436 e. The number of anilines is 1. The number of carbonyl (C=O) groups excluding carboxylic acids is 1. The third-order valence-corrected chi connectivity index (χ3v) is 2.97. The summed E-state index contributed by atoms with van der Waals surface area (Å²) in [5, 5.41) is 2.83. The highest BCUT2D eigenvalue weighted by Gasteiger charge is 2.10. The van der Waals surface area contributed by atoms with Crippen LogP contribution < -0.4 is 11.1 Å². The zero-order chi connectivity index (χ0) is 12.1. The maximum Gasteiger partial charge on any atom is 0.287 e. The molecule has 0 fully saturated rings. The van der Waals surface area contributed by atoms with Gasteiger partial charge in [0.2, 0.25) is 0 Å². The number of rotatable bonds is 4. The second kappa shape index (κ2) is 5.57. The van der Waals surface area contributed by atoms with Crippen LogP contribution in [0.4, 0.5) is 5.88 Å². The first kappa shape index (κ1) is 11.8. The average molecular weight is 234 g/mol. The smallest absolute Gasteiger partial charge is 0.287 e. The highest BCUT2D eigenvalue weighted by molar-refractivity contribution is 5.91. The van der Waals surface area contributed by atoms with Crippen molar-refractivity contribution in [1.29, 1.82) is 0 Å². The van der Waals surface area contributed by atoms with E-state index < -0.39 is 0 Å². The van der Waals surface area contributed by atoms with E-state index in [1.807, 2.05) is 0 Å². The number of nitrogens with two attached hydrogens (primary N) is 1. The molecule has 17 heavy (non-hydrogen) atoms. The van der Waals surface area contributed by atoms with Gasteiger partial charge in [0, 0.05) is 12.6 Å². The van der Waals surface area contributed by atoms with Gasteiger partial charge in [0.1, 0.15) is 0 Å². The highest BCUT2D eigenvalue weighted by Crippen LogP contribution is 2.19. The van der Waals surface area contributed by atoms with Gasteiger partial charge < -0.3 is 15.5 Å². The number of carbonyl (C=O) groups is 1. The van der Waals surface area contributed by atoms with Crippen LogP contribution in [0.5, 0.6) is 0 Å². The maximum atomic E-state index is 11.6. The molecular formula is C13H18N2O2. The molecule has 0 spiro atoms. The van der Waals surface area contributed by atoms with Crippen molar-refractivity contribution in [2.45, 2.75) is 32.1 Å². The summed E-state index contributed by atoms with van der Waals surface area (Å²) in [6.45, 7) is 0.658. The van der Waals surface area contributed by atoms with Crippen LogP contribution in [-0.4, -0.2) is 12.5 Å². The average Bonchev–Trinajstić information content (AvgIpc) is 2.77. The van der Waals surface area contributed by atoms with Crippen molar-refractivity contribution in [2.75, 3.05) is 12.3 Å². The lowest BCUT2D eigenvalue weighted by Crippen LogP contribution is -2.24. The van der Waals surface area contributed by atoms with E-state index in [1.165, 1.54) is 31.3 Å². The van der Waals surface area contributed by atoms with Gasteiger partial charge in [-0.15, -0.1) is 0 Å². The quantitative estimate of drug-likeness (QED) is 0.786. The number of nitrogen functional groups attached to an aromatic ring is 1. The van der Waals surface area contributed by atoms with Crippen LogP contribution in [0.1, 0.15) is 42.7 Å². The Balaban J connectivity index is 1.75. The number of allylic oxidation sites excluding steroid dienone is 1. The predicted molar refractivity (Wildman–Crippen MR) is 66.6 cm³/mol. The van der Waals surface area contributed by atoms with E-state index in [1.54, 1.807) is 12.1 Å². The van der Waals surface area contributed by atoms with Gasteiger partial charge in [-0.05, 0) is 38.2 Å². The van der Waals surface area contributed by atoms with Gasteiger partial charge in [0.05, 0.1) is 0 Å². The Morgan fingerprint density at radius 1 is 1.41 bits per heavy atom. The summed E-state index contributed by atoms with van der Waals surface area (Å²) in [6, 6.07) is 3.17. The summed E-state index contributed by atoms with van der Waals surface area (Å²) in [5.74, 6) is 0.350. The molecule has 0 aliphatic heterocycles. The van der Waals surface area contributed by atoms with Crippen molar-refractivity contribution >= 4 is 11.8 Å². The van der Waals surface area contributed by atoms with E-state index >= 15 is 0 Å². The Hall–Kier alpha value is -1.71. The monoisotopic (exact) mass is 234 g/mol. The number of hydrogen-bond donors (Lipinski definition) is 2. The topological polar surface area (TPSA) is 68.3 Å². The zero-order valence-corrected chi connectivity index (χ0v) is 9.87. The fraction of sp³-hybridized carbons (Fsp3) is 0.462. The van der Waals surface area contributed by atoms with Crippen molar-refractivity contribution in [3.05, 3.63) is 29.5 Å². The molecule has 1 aliphatic carbocycles. The summed E-state index contributed by atoms with van der Waals surface area (Å²) in [5.41, 5.74) is 6.86. The van der Waals surface area contributed by atoms with Crippen molar-refractivity contribution in [1.82, 2.24) is 5.32 Å². The summed E-state index contributed by atoms with van der Waals surface area (Å²) >= 11 is 0. The summed E-state index contributed by atoms with van der Waals surface area (Å²) in [6.07, 6.45) is 8.14. The first-order valence-electron chi connectivity index (χ1n) is 6.07. The molecule has 1 amide bonds. The van der Waals surface area contributed by atoms with Crippen molar-refractivity contribution in [3.63, 3.8) is 0 Å². The number of amides is 1. The highest BCUT2D eigenvalue weighted by atomic mass is 16.4. The van der Waals surface area contributed by atoms with Gasteiger partial charge in [-0.3, -0.25) is 4.79 Å². The number of furan rings is 1. The second-order valence-corrected chi connectivity index (χ2v) is 4.32. The van der Waals surface area contributed by atoms with E-state index in [2.05, 4.69) is 11.4 Å². The van der Waals surface area contributed by atoms with E-state index in [9.17, 15) is 4.79 Å². The molecule has 0 saturated heterocycles. The molecule has 1 heterocycles. The fourth-order valence-electron chi connectivity index (χ4n) is 2.03. The molecule has 0 atom stereocenters. The predicted octanol–water partition coefficient (Wildman–Crippen LogP) is 2.48. The first-order valence-corrected chi connectivity index (χ1v) is 6.07. The summed E-state index contributed by atoms with van der Waals surface area (Å²) in [4.78, 5) is 11.6. The molecule has 0 bridgehead atoms. The van der Waals surface area contributed by atoms with Crippen molar-refractivity contribution < 1.29 is 9.21 Å². The minimum atomic E-state index is -0.196. The Morgan fingerprint density at radius 3 is 2.94 bits per heavy atom. The summed E-state index contributed by atoms with van der Waals surface area (Å²) in [7, 11) is 0. The van der Waals surface area contributed by atoms with E-state index in [-0.39, 0.29) is 17.6 Å². The molecule has 2 rings (SSSR count). The normalized spacial score (nSPS) is 15.4. The minimum Gasteiger partial charge on any atom is -0.436 e. The molecule has 4 heteroatoms. The van der Waals surface area contributed by atoms with Crippen molar-refractivity contribution in [3.8, 4) is 0 Å². The molecule has 92 valence electrons. The van der Waals surface area contributed by atoms with Gasteiger partial charge in [0.25, 0.3) is 5.91 Å². The van der Waals surface area contributed by atoms with Crippen LogP contribution in [0.15, 0.2) is 28.2 Å². The van der Waals surface area contributed by atoms with Gasteiger partial charge in [0.15, 0.2) is 11.6 Å². The molecule has 1 aromatic rings. The van der Waals surface area contributed by atoms with Crippen molar-refractivity contribution in [2.24, 2.45) is 0 Å². The van der Waals surface area contributed by atoms with E-state index in [4.69, 9.17) is 10.2 Å². The number of hydrogen-bond acceptors (Lipinski definition) is 3. The molecule has 1 aliphatic rings. The molecule has 4 nitrogen and oxygen atoms in total. The van der Waals surface area contributed by atoms with Gasteiger partial charge >= 0.3 is 0 Å². The zero-order valence-electron chi connectivity index (χ0n) is 9.87. The van der Waals surface area contributed by atoms with E-state index in [0.717, 1.165) is 6.42 Å². The van der Waals surface area contributed by atoms with Crippen LogP contribution >= 0.6 is 0 Å². The Morgan fingerprint density at radius 2 is 2.29 bits per heavy atom. The van der Waals surface area contributed by atoms with Crippen LogP contribution in [0.2, 0.25) is 0 Å². The Labute approximate surface area is 101 Å². The molecule has 3 N–H and O–H groups in total. The third kappa shape index (κ3) is 3.37. The molecule has 1 aromatic heterocycles. The summed E-state index contributed by atoms with van der Waals surface area (Å²) < 4.78 is 5.04. The van der Waals surface area contributed by atoms with Crippen LogP contribution in [0.25, 0.3) is 0 Å². The van der Waals surface area contributed by atoms with Crippen LogP contribution in [0.3, 0.4) is 0 Å². The van der Waals surface area contributed by atoms with E-state index in [0.29, 0.717) is 6.54 Å². The second-order valence-electron chi connectivity index (χ2n) is 4.32. The van der Waals surface area contributed by atoms with Gasteiger partial charge in [-0.2, -0.15) is 0 Å². The van der Waals surface area contributed by atoms with Gasteiger partial charge in [-0.1, -0.05) is 11.6 Å². The maximum absolute atomic E-state index is 11.6. The minimum absolute atomic E-state index is 0.196. The Kier molecular flexibility index (Phi) is 3.85.